The monoisotopic (exact) mass is 261 g/mol. The van der Waals surface area contributed by atoms with Crippen molar-refractivity contribution in [3.8, 4) is 0 Å². The summed E-state index contributed by atoms with van der Waals surface area (Å²) >= 11 is 5.79. The highest BCUT2D eigenvalue weighted by Crippen LogP contribution is 2.23. The molecule has 0 aliphatic carbocycles. The van der Waals surface area contributed by atoms with Gasteiger partial charge in [0.05, 0.1) is 6.04 Å². The molecule has 4 heteroatoms. The number of nitrogens with one attached hydrogen (secondary N) is 1. The Bertz CT molecular complexity index is 537. The highest BCUT2D eigenvalue weighted by molar-refractivity contribution is 6.29. The molecule has 1 unspecified atom stereocenters. The van der Waals surface area contributed by atoms with Gasteiger partial charge in [-0.3, -0.25) is 5.84 Å². The molecular formula is C14H16ClN3. The molecule has 0 radical (unpaired) electrons. The minimum atomic E-state index is -0.0749. The van der Waals surface area contributed by atoms with Gasteiger partial charge in [-0.25, -0.2) is 10.4 Å². The first-order valence-corrected chi connectivity index (χ1v) is 6.14. The molecule has 0 aliphatic rings. The van der Waals surface area contributed by atoms with Gasteiger partial charge in [0.25, 0.3) is 0 Å². The molecule has 1 heterocycles. The lowest BCUT2D eigenvalue weighted by atomic mass is 9.97. The molecule has 0 amide bonds. The van der Waals surface area contributed by atoms with Gasteiger partial charge >= 0.3 is 0 Å². The van der Waals surface area contributed by atoms with E-state index in [1.165, 1.54) is 11.1 Å². The topological polar surface area (TPSA) is 50.9 Å². The van der Waals surface area contributed by atoms with Crippen LogP contribution in [0.2, 0.25) is 5.15 Å². The van der Waals surface area contributed by atoms with Crippen molar-refractivity contribution >= 4 is 11.6 Å². The molecule has 94 valence electrons. The third-order valence-electron chi connectivity index (χ3n) is 3.11. The zero-order valence-corrected chi connectivity index (χ0v) is 11.2. The number of hydrogen-bond acceptors (Lipinski definition) is 3. The Kier molecular flexibility index (Phi) is 3.97. The Labute approximate surface area is 112 Å². The van der Waals surface area contributed by atoms with Crippen LogP contribution in [0.1, 0.15) is 28.3 Å². The smallest absolute Gasteiger partial charge is 0.129 e. The van der Waals surface area contributed by atoms with Gasteiger partial charge in [-0.1, -0.05) is 35.9 Å². The summed E-state index contributed by atoms with van der Waals surface area (Å²) in [7, 11) is 0. The van der Waals surface area contributed by atoms with Crippen molar-refractivity contribution in [1.29, 1.82) is 0 Å². The number of nitrogens with zero attached hydrogens (tertiary/aromatic N) is 1. The van der Waals surface area contributed by atoms with Gasteiger partial charge < -0.3 is 0 Å². The summed E-state index contributed by atoms with van der Waals surface area (Å²) in [5.41, 5.74) is 7.44. The molecule has 3 nitrogen and oxygen atoms in total. The lowest BCUT2D eigenvalue weighted by Crippen LogP contribution is -2.29. The number of halogens is 1. The first kappa shape index (κ1) is 13.0. The standard InChI is InChI=1S/C14H16ClN3/c1-9-3-4-11(7-10(9)2)14(18-16)12-5-6-13(15)17-8-12/h3-8,14,18H,16H2,1-2H3. The number of nitrogens with two attached hydrogens (primary N) is 1. The van der Waals surface area contributed by atoms with E-state index in [0.717, 1.165) is 11.1 Å². The van der Waals surface area contributed by atoms with Gasteiger partial charge in [0.1, 0.15) is 5.15 Å². The largest absolute Gasteiger partial charge is 0.271 e. The van der Waals surface area contributed by atoms with Gasteiger partial charge in [0, 0.05) is 6.20 Å². The number of aryl methyl sites for hydroxylation is 2. The number of benzene rings is 1. The molecule has 0 saturated heterocycles. The number of aromatic nitrogens is 1. The van der Waals surface area contributed by atoms with E-state index in [4.69, 9.17) is 17.4 Å². The van der Waals surface area contributed by atoms with Crippen LogP contribution in [0.25, 0.3) is 0 Å². The predicted octanol–water partition coefficient (Wildman–Crippen LogP) is 2.90. The van der Waals surface area contributed by atoms with Crippen molar-refractivity contribution in [1.82, 2.24) is 10.4 Å². The average Bonchev–Trinajstić information content (AvgIpc) is 2.37. The fraction of sp³-hybridized carbons (Fsp3) is 0.214. The summed E-state index contributed by atoms with van der Waals surface area (Å²) in [5, 5.41) is 0.481. The first-order valence-electron chi connectivity index (χ1n) is 5.76. The number of hydrogen-bond donors (Lipinski definition) is 2. The van der Waals surface area contributed by atoms with Crippen molar-refractivity contribution in [2.45, 2.75) is 19.9 Å². The second kappa shape index (κ2) is 5.48. The Hall–Kier alpha value is -1.42. The third kappa shape index (κ3) is 2.70. The van der Waals surface area contributed by atoms with Crippen LogP contribution in [0.3, 0.4) is 0 Å². The van der Waals surface area contributed by atoms with Crippen molar-refractivity contribution < 1.29 is 0 Å². The highest BCUT2D eigenvalue weighted by Gasteiger charge is 2.13. The van der Waals surface area contributed by atoms with Gasteiger partial charge in [0.2, 0.25) is 0 Å². The summed E-state index contributed by atoms with van der Waals surface area (Å²) < 4.78 is 0. The van der Waals surface area contributed by atoms with Gasteiger partial charge in [0.15, 0.2) is 0 Å². The van der Waals surface area contributed by atoms with Crippen LogP contribution in [-0.2, 0) is 0 Å². The fourth-order valence-corrected chi connectivity index (χ4v) is 2.00. The second-order valence-corrected chi connectivity index (χ2v) is 4.74. The molecule has 18 heavy (non-hydrogen) atoms. The molecule has 1 atom stereocenters. The quantitative estimate of drug-likeness (QED) is 0.507. The van der Waals surface area contributed by atoms with Crippen LogP contribution in [0.15, 0.2) is 36.5 Å². The minimum Gasteiger partial charge on any atom is -0.271 e. The molecular weight excluding hydrogens is 246 g/mol. The van der Waals surface area contributed by atoms with Crippen LogP contribution >= 0.6 is 11.6 Å². The Balaban J connectivity index is 2.38. The molecule has 3 N–H and O–H groups in total. The molecule has 2 aromatic rings. The van der Waals surface area contributed by atoms with Crippen LogP contribution in [0, 0.1) is 13.8 Å². The van der Waals surface area contributed by atoms with E-state index in [9.17, 15) is 0 Å². The molecule has 1 aromatic carbocycles. The van der Waals surface area contributed by atoms with E-state index >= 15 is 0 Å². The SMILES string of the molecule is Cc1ccc(C(NN)c2ccc(Cl)nc2)cc1C. The maximum atomic E-state index is 5.79. The summed E-state index contributed by atoms with van der Waals surface area (Å²) in [6.07, 6.45) is 1.74. The van der Waals surface area contributed by atoms with E-state index in [2.05, 4.69) is 42.5 Å². The first-order chi connectivity index (χ1) is 8.61. The zero-order chi connectivity index (χ0) is 13.1. The molecule has 0 spiro atoms. The summed E-state index contributed by atoms with van der Waals surface area (Å²) in [6, 6.07) is 9.92. The third-order valence-corrected chi connectivity index (χ3v) is 3.34. The lowest BCUT2D eigenvalue weighted by molar-refractivity contribution is 0.634. The maximum absolute atomic E-state index is 5.79. The molecule has 0 bridgehead atoms. The fourth-order valence-electron chi connectivity index (χ4n) is 1.89. The average molecular weight is 262 g/mol. The van der Waals surface area contributed by atoms with Crippen LogP contribution in [0.4, 0.5) is 0 Å². The number of pyridine rings is 1. The highest BCUT2D eigenvalue weighted by atomic mass is 35.5. The molecule has 0 saturated carbocycles. The summed E-state index contributed by atoms with van der Waals surface area (Å²) in [4.78, 5) is 4.08. The Morgan fingerprint density at radius 2 is 1.83 bits per heavy atom. The second-order valence-electron chi connectivity index (χ2n) is 4.36. The van der Waals surface area contributed by atoms with Gasteiger partial charge in [-0.2, -0.15) is 0 Å². The van der Waals surface area contributed by atoms with E-state index in [1.54, 1.807) is 12.3 Å². The Morgan fingerprint density at radius 3 is 2.39 bits per heavy atom. The summed E-state index contributed by atoms with van der Waals surface area (Å²) in [6.45, 7) is 4.18. The van der Waals surface area contributed by atoms with Crippen molar-refractivity contribution in [2.24, 2.45) is 5.84 Å². The maximum Gasteiger partial charge on any atom is 0.129 e. The summed E-state index contributed by atoms with van der Waals surface area (Å²) in [5.74, 6) is 5.65. The van der Waals surface area contributed by atoms with E-state index in [1.807, 2.05) is 6.07 Å². The van der Waals surface area contributed by atoms with Crippen LogP contribution < -0.4 is 11.3 Å². The number of rotatable bonds is 3. The Morgan fingerprint density at radius 1 is 1.11 bits per heavy atom. The number of hydrazine groups is 1. The normalized spacial score (nSPS) is 12.4. The minimum absolute atomic E-state index is 0.0749. The lowest BCUT2D eigenvalue weighted by Gasteiger charge is -2.17. The van der Waals surface area contributed by atoms with E-state index in [0.29, 0.717) is 5.15 Å². The molecule has 0 aliphatic heterocycles. The molecule has 0 fully saturated rings. The molecule has 2 rings (SSSR count). The predicted molar refractivity (Wildman–Crippen MR) is 74.3 cm³/mol. The van der Waals surface area contributed by atoms with Gasteiger partial charge in [-0.05, 0) is 42.2 Å². The van der Waals surface area contributed by atoms with Crippen molar-refractivity contribution in [2.75, 3.05) is 0 Å². The van der Waals surface area contributed by atoms with Crippen molar-refractivity contribution in [3.05, 3.63) is 63.9 Å². The van der Waals surface area contributed by atoms with Crippen LogP contribution in [-0.4, -0.2) is 4.98 Å². The van der Waals surface area contributed by atoms with Crippen molar-refractivity contribution in [3.63, 3.8) is 0 Å². The zero-order valence-electron chi connectivity index (χ0n) is 10.4. The van der Waals surface area contributed by atoms with E-state index in [-0.39, 0.29) is 6.04 Å². The van der Waals surface area contributed by atoms with Gasteiger partial charge in [-0.15, -0.1) is 0 Å². The molecule has 1 aromatic heterocycles. The van der Waals surface area contributed by atoms with Crippen LogP contribution in [0.5, 0.6) is 0 Å². The van der Waals surface area contributed by atoms with E-state index < -0.39 is 0 Å².